The van der Waals surface area contributed by atoms with Gasteiger partial charge in [0, 0.05) is 0 Å². The summed E-state index contributed by atoms with van der Waals surface area (Å²) in [6.45, 7) is 0.840. The van der Waals surface area contributed by atoms with Gasteiger partial charge in [-0.1, -0.05) is 12.8 Å². The number of hydrogen-bond donors (Lipinski definition) is 2. The van der Waals surface area contributed by atoms with Crippen LogP contribution in [0.25, 0.3) is 0 Å². The number of nitrogens with two attached hydrogens (primary N) is 1. The minimum Gasteiger partial charge on any atom is -0.330 e. The fraction of sp³-hybridized carbons (Fsp3) is 1.00. The van der Waals surface area contributed by atoms with Crippen molar-refractivity contribution < 1.29 is 0 Å². The van der Waals surface area contributed by atoms with Gasteiger partial charge in [-0.25, -0.2) is 0 Å². The zero-order valence-electron chi connectivity index (χ0n) is 5.68. The summed E-state index contributed by atoms with van der Waals surface area (Å²) in [6, 6.07) is 0. The molecule has 0 bridgehead atoms. The predicted molar refractivity (Wildman–Crippen MR) is 48.6 cm³/mol. The highest BCUT2D eigenvalue weighted by Gasteiger charge is 1.83. The van der Waals surface area contributed by atoms with Crippen molar-refractivity contribution in [2.24, 2.45) is 5.73 Å². The number of rotatable bonds is 5. The molecule has 0 aliphatic carbocycles. The van der Waals surface area contributed by atoms with Crippen molar-refractivity contribution in [1.82, 2.24) is 0 Å². The molecule has 0 saturated heterocycles. The maximum absolute atomic E-state index is 5.29. The highest BCUT2D eigenvalue weighted by molar-refractivity contribution is 7.80. The predicted octanol–water partition coefficient (Wildman–Crippen LogP) is 1.86. The summed E-state index contributed by atoms with van der Waals surface area (Å²) in [7, 11) is 0. The van der Waals surface area contributed by atoms with Gasteiger partial charge >= 0.3 is 0 Å². The van der Waals surface area contributed by atoms with E-state index in [0.717, 1.165) is 12.3 Å². The van der Waals surface area contributed by atoms with Crippen LogP contribution in [0.5, 0.6) is 0 Å². The first-order valence-corrected chi connectivity index (χ1v) is 3.86. The van der Waals surface area contributed by atoms with Gasteiger partial charge < -0.3 is 5.73 Å². The van der Waals surface area contributed by atoms with E-state index in [2.05, 4.69) is 12.6 Å². The molecule has 3 heteroatoms. The second kappa shape index (κ2) is 11.4. The molecule has 0 rings (SSSR count). The lowest BCUT2D eigenvalue weighted by Gasteiger charge is -1.93. The molecule has 58 valence electrons. The van der Waals surface area contributed by atoms with Gasteiger partial charge in [-0.3, -0.25) is 0 Å². The van der Waals surface area contributed by atoms with Crippen LogP contribution >= 0.6 is 25.0 Å². The number of thiol groups is 1. The first-order chi connectivity index (χ1) is 3.91. The third kappa shape index (κ3) is 11.9. The summed E-state index contributed by atoms with van der Waals surface area (Å²) >= 11 is 4.09. The Morgan fingerprint density at radius 1 is 1.00 bits per heavy atom. The fourth-order valence-corrected chi connectivity index (χ4v) is 0.833. The molecule has 0 aliphatic heterocycles. The molecule has 0 fully saturated rings. The van der Waals surface area contributed by atoms with Crippen molar-refractivity contribution in [1.29, 1.82) is 0 Å². The SMILES string of the molecule is Cl.NCCCCCCS. The summed E-state index contributed by atoms with van der Waals surface area (Å²) in [5.74, 6) is 1.02. The van der Waals surface area contributed by atoms with Crippen LogP contribution < -0.4 is 5.73 Å². The Bertz CT molecular complexity index is 38.0. The van der Waals surface area contributed by atoms with E-state index in [4.69, 9.17) is 5.73 Å². The topological polar surface area (TPSA) is 26.0 Å². The normalized spacial score (nSPS) is 8.67. The van der Waals surface area contributed by atoms with Gasteiger partial charge in [0.2, 0.25) is 0 Å². The zero-order chi connectivity index (χ0) is 6.24. The minimum atomic E-state index is 0. The van der Waals surface area contributed by atoms with Crippen LogP contribution in [-0.4, -0.2) is 12.3 Å². The number of halogens is 1. The van der Waals surface area contributed by atoms with E-state index in [-0.39, 0.29) is 12.4 Å². The molecule has 0 radical (unpaired) electrons. The first-order valence-electron chi connectivity index (χ1n) is 3.22. The Morgan fingerprint density at radius 3 is 2.00 bits per heavy atom. The highest BCUT2D eigenvalue weighted by atomic mass is 35.5. The van der Waals surface area contributed by atoms with Crippen molar-refractivity contribution in [3.63, 3.8) is 0 Å². The minimum absolute atomic E-state index is 0. The van der Waals surface area contributed by atoms with E-state index in [1.165, 1.54) is 25.7 Å². The third-order valence-corrected chi connectivity index (χ3v) is 1.43. The molecule has 2 N–H and O–H groups in total. The largest absolute Gasteiger partial charge is 0.330 e. The first kappa shape index (κ1) is 12.3. The lowest BCUT2D eigenvalue weighted by atomic mass is 10.2. The molecule has 1 nitrogen and oxygen atoms in total. The van der Waals surface area contributed by atoms with E-state index in [1.807, 2.05) is 0 Å². The maximum atomic E-state index is 5.29. The van der Waals surface area contributed by atoms with Gasteiger partial charge in [-0.15, -0.1) is 12.4 Å². The molecule has 0 unspecified atom stereocenters. The molecule has 0 heterocycles. The molecule has 0 spiro atoms. The van der Waals surface area contributed by atoms with Gasteiger partial charge in [0.05, 0.1) is 0 Å². The monoisotopic (exact) mass is 169 g/mol. The highest BCUT2D eigenvalue weighted by Crippen LogP contribution is 1.98. The Hall–Kier alpha value is 0.600. The Kier molecular flexibility index (Phi) is 15.6. The lowest BCUT2D eigenvalue weighted by Crippen LogP contribution is -1.97. The zero-order valence-corrected chi connectivity index (χ0v) is 7.39. The molecule has 9 heavy (non-hydrogen) atoms. The van der Waals surface area contributed by atoms with Gasteiger partial charge in [-0.05, 0) is 25.1 Å². The van der Waals surface area contributed by atoms with Crippen molar-refractivity contribution in [2.75, 3.05) is 12.3 Å². The molecule has 0 atom stereocenters. The molecular formula is C6H16ClNS. The van der Waals surface area contributed by atoms with Crippen molar-refractivity contribution in [3.05, 3.63) is 0 Å². The van der Waals surface area contributed by atoms with Crippen LogP contribution in [0, 0.1) is 0 Å². The Morgan fingerprint density at radius 2 is 1.56 bits per heavy atom. The molecule has 0 amide bonds. The van der Waals surface area contributed by atoms with E-state index in [1.54, 1.807) is 0 Å². The summed E-state index contributed by atoms with van der Waals surface area (Å²) in [6.07, 6.45) is 4.98. The van der Waals surface area contributed by atoms with E-state index in [9.17, 15) is 0 Å². The average Bonchev–Trinajstić information content (AvgIpc) is 1.81. The fourth-order valence-electron chi connectivity index (χ4n) is 0.610. The number of unbranched alkanes of at least 4 members (excludes halogenated alkanes) is 3. The van der Waals surface area contributed by atoms with Crippen LogP contribution in [0.2, 0.25) is 0 Å². The van der Waals surface area contributed by atoms with Crippen LogP contribution in [-0.2, 0) is 0 Å². The summed E-state index contributed by atoms with van der Waals surface area (Å²) in [5.41, 5.74) is 5.29. The quantitative estimate of drug-likeness (QED) is 0.477. The van der Waals surface area contributed by atoms with Crippen LogP contribution in [0.3, 0.4) is 0 Å². The van der Waals surface area contributed by atoms with Crippen LogP contribution in [0.1, 0.15) is 25.7 Å². The molecule has 0 aliphatic rings. The smallest absolute Gasteiger partial charge is 0.00773 e. The van der Waals surface area contributed by atoms with E-state index >= 15 is 0 Å². The Labute approximate surface area is 69.2 Å². The summed E-state index contributed by atoms with van der Waals surface area (Å²) in [5, 5.41) is 0. The summed E-state index contributed by atoms with van der Waals surface area (Å²) < 4.78 is 0. The van der Waals surface area contributed by atoms with Gasteiger partial charge in [0.25, 0.3) is 0 Å². The van der Waals surface area contributed by atoms with Gasteiger partial charge in [0.1, 0.15) is 0 Å². The van der Waals surface area contributed by atoms with Crippen molar-refractivity contribution in [2.45, 2.75) is 25.7 Å². The molecular weight excluding hydrogens is 154 g/mol. The molecule has 0 aromatic carbocycles. The second-order valence-corrected chi connectivity index (χ2v) is 2.37. The van der Waals surface area contributed by atoms with Crippen LogP contribution in [0.4, 0.5) is 0 Å². The Balaban J connectivity index is 0. The van der Waals surface area contributed by atoms with E-state index in [0.29, 0.717) is 0 Å². The third-order valence-electron chi connectivity index (χ3n) is 1.11. The van der Waals surface area contributed by atoms with Crippen molar-refractivity contribution in [3.8, 4) is 0 Å². The molecule has 0 aromatic heterocycles. The maximum Gasteiger partial charge on any atom is -0.00773 e. The van der Waals surface area contributed by atoms with Gasteiger partial charge in [-0.2, -0.15) is 12.6 Å². The molecule has 0 aromatic rings. The lowest BCUT2D eigenvalue weighted by molar-refractivity contribution is 0.678. The average molecular weight is 170 g/mol. The van der Waals surface area contributed by atoms with E-state index < -0.39 is 0 Å². The van der Waals surface area contributed by atoms with Gasteiger partial charge in [0.15, 0.2) is 0 Å². The van der Waals surface area contributed by atoms with Crippen LogP contribution in [0.15, 0.2) is 0 Å². The summed E-state index contributed by atoms with van der Waals surface area (Å²) in [4.78, 5) is 0. The number of hydrogen-bond acceptors (Lipinski definition) is 2. The standard InChI is InChI=1S/C6H15NS.ClH/c7-5-3-1-2-4-6-8;/h8H,1-7H2;1H. The van der Waals surface area contributed by atoms with Crippen molar-refractivity contribution >= 4 is 25.0 Å². The molecule has 0 saturated carbocycles. The second-order valence-electron chi connectivity index (χ2n) is 1.93.